The molecular formula is C13H22N2O4. The van der Waals surface area contributed by atoms with Crippen molar-refractivity contribution in [3.8, 4) is 0 Å². The van der Waals surface area contributed by atoms with E-state index in [1.165, 1.54) is 7.11 Å². The van der Waals surface area contributed by atoms with Crippen LogP contribution in [-0.4, -0.2) is 43.9 Å². The van der Waals surface area contributed by atoms with E-state index in [1.807, 2.05) is 20.8 Å². The van der Waals surface area contributed by atoms with Gasteiger partial charge in [0.15, 0.2) is 0 Å². The van der Waals surface area contributed by atoms with Gasteiger partial charge < -0.3 is 20.1 Å². The normalized spacial score (nSPS) is 28.0. The Morgan fingerprint density at radius 3 is 2.37 bits per heavy atom. The lowest BCUT2D eigenvalue weighted by atomic mass is 9.53. The van der Waals surface area contributed by atoms with Crippen LogP contribution < -0.4 is 10.6 Å². The lowest BCUT2D eigenvalue weighted by Crippen LogP contribution is -2.73. The Kier molecular flexibility index (Phi) is 3.47. The molecule has 0 radical (unpaired) electrons. The first-order valence-electron chi connectivity index (χ1n) is 6.55. The number of methoxy groups -OCH3 is 1. The van der Waals surface area contributed by atoms with E-state index in [2.05, 4.69) is 10.6 Å². The molecule has 0 aromatic heterocycles. The lowest BCUT2D eigenvalue weighted by molar-refractivity contribution is -0.166. The van der Waals surface area contributed by atoms with Crippen LogP contribution >= 0.6 is 0 Å². The van der Waals surface area contributed by atoms with Crippen molar-refractivity contribution in [2.24, 2.45) is 11.3 Å². The molecule has 1 saturated heterocycles. The van der Waals surface area contributed by atoms with Crippen LogP contribution in [0.15, 0.2) is 0 Å². The van der Waals surface area contributed by atoms with Gasteiger partial charge in [0.05, 0.1) is 13.0 Å². The molecule has 0 bridgehead atoms. The van der Waals surface area contributed by atoms with Gasteiger partial charge in [-0.3, -0.25) is 4.79 Å². The zero-order chi connectivity index (χ0) is 14.3. The van der Waals surface area contributed by atoms with Gasteiger partial charge in [0, 0.05) is 24.5 Å². The highest BCUT2D eigenvalue weighted by molar-refractivity contribution is 5.78. The molecule has 1 saturated carbocycles. The van der Waals surface area contributed by atoms with Crippen LogP contribution in [-0.2, 0) is 14.3 Å². The quantitative estimate of drug-likeness (QED) is 0.721. The standard InChI is InChI=1S/C13H22N2O4/c1-12(2,3)19-11(17)15-8-5-13(6-14-7-13)9(8)10(16)18-4/h8-9,14H,5-7H2,1-4H3,(H,15,17). The largest absolute Gasteiger partial charge is 0.469 e. The van der Waals surface area contributed by atoms with Crippen molar-refractivity contribution in [2.45, 2.75) is 38.8 Å². The molecular weight excluding hydrogens is 248 g/mol. The highest BCUT2D eigenvalue weighted by atomic mass is 16.6. The molecule has 108 valence electrons. The second-order valence-corrected chi connectivity index (χ2v) is 6.42. The third kappa shape index (κ3) is 2.68. The van der Waals surface area contributed by atoms with E-state index in [9.17, 15) is 9.59 Å². The molecule has 0 aromatic carbocycles. The predicted octanol–water partition coefficient (Wildman–Crippen LogP) is 0.662. The Bertz CT molecular complexity index is 385. The van der Waals surface area contributed by atoms with Crippen molar-refractivity contribution in [3.63, 3.8) is 0 Å². The van der Waals surface area contributed by atoms with Crippen LogP contribution in [0, 0.1) is 11.3 Å². The molecule has 1 spiro atoms. The fourth-order valence-corrected chi connectivity index (χ4v) is 2.89. The molecule has 2 unspecified atom stereocenters. The molecule has 1 aliphatic heterocycles. The van der Waals surface area contributed by atoms with Gasteiger partial charge in [-0.05, 0) is 27.2 Å². The van der Waals surface area contributed by atoms with Gasteiger partial charge in [0.1, 0.15) is 5.60 Å². The number of rotatable bonds is 2. The Morgan fingerprint density at radius 1 is 1.32 bits per heavy atom. The van der Waals surface area contributed by atoms with Gasteiger partial charge >= 0.3 is 12.1 Å². The van der Waals surface area contributed by atoms with E-state index in [1.54, 1.807) is 0 Å². The van der Waals surface area contributed by atoms with E-state index in [-0.39, 0.29) is 23.3 Å². The van der Waals surface area contributed by atoms with Crippen LogP contribution in [0.5, 0.6) is 0 Å². The highest BCUT2D eigenvalue weighted by Gasteiger charge is 2.61. The van der Waals surface area contributed by atoms with Crippen molar-refractivity contribution in [3.05, 3.63) is 0 Å². The van der Waals surface area contributed by atoms with Crippen LogP contribution in [0.1, 0.15) is 27.2 Å². The molecule has 6 heteroatoms. The molecule has 19 heavy (non-hydrogen) atoms. The summed E-state index contributed by atoms with van der Waals surface area (Å²) in [6.07, 6.45) is 0.312. The SMILES string of the molecule is COC(=O)C1C(NC(=O)OC(C)(C)C)CC12CNC2. The van der Waals surface area contributed by atoms with E-state index in [0.717, 1.165) is 19.5 Å². The molecule has 2 N–H and O–H groups in total. The summed E-state index contributed by atoms with van der Waals surface area (Å²) in [6.45, 7) is 7.03. The summed E-state index contributed by atoms with van der Waals surface area (Å²) in [4.78, 5) is 23.6. The summed E-state index contributed by atoms with van der Waals surface area (Å²) < 4.78 is 10.0. The smallest absolute Gasteiger partial charge is 0.407 e. The number of ether oxygens (including phenoxy) is 2. The van der Waals surface area contributed by atoms with Gasteiger partial charge in [-0.15, -0.1) is 0 Å². The highest BCUT2D eigenvalue weighted by Crippen LogP contribution is 2.50. The van der Waals surface area contributed by atoms with Crippen molar-refractivity contribution in [1.29, 1.82) is 0 Å². The van der Waals surface area contributed by atoms with Crippen LogP contribution in [0.3, 0.4) is 0 Å². The van der Waals surface area contributed by atoms with E-state index < -0.39 is 11.7 Å². The van der Waals surface area contributed by atoms with Crippen LogP contribution in [0.4, 0.5) is 4.79 Å². The topological polar surface area (TPSA) is 76.7 Å². The van der Waals surface area contributed by atoms with Crippen LogP contribution in [0.25, 0.3) is 0 Å². The van der Waals surface area contributed by atoms with Crippen molar-refractivity contribution in [1.82, 2.24) is 10.6 Å². The summed E-state index contributed by atoms with van der Waals surface area (Å²) >= 11 is 0. The molecule has 0 aromatic rings. The Morgan fingerprint density at radius 2 is 1.95 bits per heavy atom. The monoisotopic (exact) mass is 270 g/mol. The Hall–Kier alpha value is -1.30. The van der Waals surface area contributed by atoms with Crippen molar-refractivity contribution < 1.29 is 19.1 Å². The number of nitrogens with one attached hydrogen (secondary N) is 2. The predicted molar refractivity (Wildman–Crippen MR) is 68.6 cm³/mol. The minimum atomic E-state index is -0.537. The summed E-state index contributed by atoms with van der Waals surface area (Å²) in [7, 11) is 1.38. The van der Waals surface area contributed by atoms with Crippen molar-refractivity contribution in [2.75, 3.05) is 20.2 Å². The molecule has 1 heterocycles. The van der Waals surface area contributed by atoms with E-state index >= 15 is 0 Å². The summed E-state index contributed by atoms with van der Waals surface area (Å²) in [6, 6.07) is -0.190. The summed E-state index contributed by atoms with van der Waals surface area (Å²) in [5.74, 6) is -0.528. The number of esters is 1. The maximum absolute atomic E-state index is 11.8. The average Bonchev–Trinajstić information content (AvgIpc) is 2.17. The fraction of sp³-hybridized carbons (Fsp3) is 0.846. The fourth-order valence-electron chi connectivity index (χ4n) is 2.89. The number of carbonyl (C=O) groups excluding carboxylic acids is 2. The zero-order valence-corrected chi connectivity index (χ0v) is 11.9. The van der Waals surface area contributed by atoms with E-state index in [0.29, 0.717) is 0 Å². The maximum Gasteiger partial charge on any atom is 0.407 e. The van der Waals surface area contributed by atoms with Gasteiger partial charge in [-0.25, -0.2) is 4.79 Å². The first-order valence-corrected chi connectivity index (χ1v) is 6.55. The second-order valence-electron chi connectivity index (χ2n) is 6.42. The molecule has 2 atom stereocenters. The summed E-state index contributed by atoms with van der Waals surface area (Å²) in [5, 5.41) is 5.95. The number of hydrogen-bond acceptors (Lipinski definition) is 5. The third-order valence-electron chi connectivity index (χ3n) is 3.80. The van der Waals surface area contributed by atoms with E-state index in [4.69, 9.17) is 9.47 Å². The number of alkyl carbamates (subject to hydrolysis) is 1. The average molecular weight is 270 g/mol. The van der Waals surface area contributed by atoms with Crippen LogP contribution in [0.2, 0.25) is 0 Å². The number of carbonyl (C=O) groups is 2. The molecule has 1 amide bonds. The molecule has 2 rings (SSSR count). The Balaban J connectivity index is 1.94. The third-order valence-corrected chi connectivity index (χ3v) is 3.80. The zero-order valence-electron chi connectivity index (χ0n) is 11.9. The van der Waals surface area contributed by atoms with Crippen molar-refractivity contribution >= 4 is 12.1 Å². The lowest BCUT2D eigenvalue weighted by Gasteiger charge is -2.58. The number of hydrogen-bond donors (Lipinski definition) is 2. The van der Waals surface area contributed by atoms with Gasteiger partial charge in [0.25, 0.3) is 0 Å². The molecule has 1 aliphatic carbocycles. The summed E-state index contributed by atoms with van der Waals surface area (Å²) in [5.41, 5.74) is -0.572. The first-order chi connectivity index (χ1) is 8.77. The minimum absolute atomic E-state index is 0.0349. The molecule has 6 nitrogen and oxygen atoms in total. The minimum Gasteiger partial charge on any atom is -0.469 e. The van der Waals surface area contributed by atoms with Gasteiger partial charge in [-0.2, -0.15) is 0 Å². The first kappa shape index (κ1) is 14.1. The second kappa shape index (κ2) is 4.67. The van der Waals surface area contributed by atoms with Gasteiger partial charge in [0.2, 0.25) is 0 Å². The molecule has 2 fully saturated rings. The molecule has 2 aliphatic rings. The van der Waals surface area contributed by atoms with Gasteiger partial charge in [-0.1, -0.05) is 0 Å². The maximum atomic E-state index is 11.8. The Labute approximate surface area is 113 Å². The number of amides is 1.